The fourth-order valence-electron chi connectivity index (χ4n) is 3.62. The Bertz CT molecular complexity index is 511. The quantitative estimate of drug-likeness (QED) is 0.875. The van der Waals surface area contributed by atoms with Crippen molar-refractivity contribution < 1.29 is 4.79 Å². The number of nitrogens with one attached hydrogen (secondary N) is 1. The minimum atomic E-state index is 0.114. The molecular weight excluding hydrogens is 274 g/mol. The lowest BCUT2D eigenvalue weighted by Crippen LogP contribution is -2.30. The van der Waals surface area contributed by atoms with E-state index >= 15 is 0 Å². The minimum absolute atomic E-state index is 0.114. The molecule has 0 spiro atoms. The number of nitrogens with zero attached hydrogens (tertiary/aromatic N) is 1. The molecule has 1 heterocycles. The number of hydrogen-bond donors (Lipinski definition) is 2. The van der Waals surface area contributed by atoms with Crippen molar-refractivity contribution in [1.82, 2.24) is 10.2 Å². The van der Waals surface area contributed by atoms with Crippen LogP contribution in [0.25, 0.3) is 0 Å². The van der Waals surface area contributed by atoms with Crippen LogP contribution >= 0.6 is 0 Å². The molecule has 0 radical (unpaired) electrons. The summed E-state index contributed by atoms with van der Waals surface area (Å²) in [6.07, 6.45) is 5.38. The summed E-state index contributed by atoms with van der Waals surface area (Å²) in [7, 11) is 0. The van der Waals surface area contributed by atoms with Crippen LogP contribution in [0.5, 0.6) is 0 Å². The molecule has 4 nitrogen and oxygen atoms in total. The zero-order valence-electron chi connectivity index (χ0n) is 13.3. The molecule has 2 aliphatic rings. The monoisotopic (exact) mass is 301 g/mol. The maximum Gasteiger partial charge on any atom is 0.223 e. The molecule has 4 heteroatoms. The SMILES string of the molecule is NC1CCC(C(=O)NCc2cccc(CN3CCCC3)c2)C1. The van der Waals surface area contributed by atoms with Crippen molar-refractivity contribution in [3.05, 3.63) is 35.4 Å². The Balaban J connectivity index is 1.50. The van der Waals surface area contributed by atoms with Gasteiger partial charge in [0.2, 0.25) is 5.91 Å². The minimum Gasteiger partial charge on any atom is -0.352 e. The number of rotatable bonds is 5. The van der Waals surface area contributed by atoms with Crippen molar-refractivity contribution in [2.45, 2.75) is 51.2 Å². The third kappa shape index (κ3) is 4.08. The first-order valence-electron chi connectivity index (χ1n) is 8.54. The van der Waals surface area contributed by atoms with Gasteiger partial charge in [-0.2, -0.15) is 0 Å². The summed E-state index contributed by atoms with van der Waals surface area (Å²) < 4.78 is 0. The van der Waals surface area contributed by atoms with Gasteiger partial charge in [-0.1, -0.05) is 24.3 Å². The lowest BCUT2D eigenvalue weighted by atomic mass is 10.1. The Hall–Kier alpha value is -1.39. The summed E-state index contributed by atoms with van der Waals surface area (Å²) in [5.41, 5.74) is 8.41. The molecule has 0 aromatic heterocycles. The highest BCUT2D eigenvalue weighted by atomic mass is 16.1. The normalized spacial score (nSPS) is 25.5. The summed E-state index contributed by atoms with van der Waals surface area (Å²) in [4.78, 5) is 14.7. The third-order valence-electron chi connectivity index (χ3n) is 4.91. The highest BCUT2D eigenvalue weighted by Gasteiger charge is 2.27. The Morgan fingerprint density at radius 1 is 1.23 bits per heavy atom. The van der Waals surface area contributed by atoms with Gasteiger partial charge >= 0.3 is 0 Å². The van der Waals surface area contributed by atoms with Gasteiger partial charge in [-0.25, -0.2) is 0 Å². The second-order valence-electron chi connectivity index (χ2n) is 6.79. The standard InChI is InChI=1S/C18H27N3O/c19-17-7-6-16(11-17)18(22)20-12-14-4-3-5-15(10-14)13-21-8-1-2-9-21/h3-5,10,16-17H,1-2,6-9,11-13,19H2,(H,20,22). The number of carbonyl (C=O) groups excluding carboxylic acids is 1. The summed E-state index contributed by atoms with van der Waals surface area (Å²) >= 11 is 0. The van der Waals surface area contributed by atoms with Gasteiger partial charge in [0.25, 0.3) is 0 Å². The van der Waals surface area contributed by atoms with Gasteiger partial charge in [0.15, 0.2) is 0 Å². The molecule has 120 valence electrons. The molecule has 1 saturated heterocycles. The molecule has 2 atom stereocenters. The van der Waals surface area contributed by atoms with Gasteiger partial charge in [-0.15, -0.1) is 0 Å². The Kier molecular flexibility index (Phi) is 5.11. The van der Waals surface area contributed by atoms with E-state index < -0.39 is 0 Å². The predicted octanol–water partition coefficient (Wildman–Crippen LogP) is 2.03. The second kappa shape index (κ2) is 7.25. The first kappa shape index (κ1) is 15.5. The van der Waals surface area contributed by atoms with Gasteiger partial charge in [-0.05, 0) is 56.3 Å². The molecular formula is C18H27N3O. The molecule has 3 N–H and O–H groups in total. The Morgan fingerprint density at radius 3 is 2.73 bits per heavy atom. The lowest BCUT2D eigenvalue weighted by Gasteiger charge is -2.15. The number of nitrogens with two attached hydrogens (primary N) is 1. The lowest BCUT2D eigenvalue weighted by molar-refractivity contribution is -0.125. The van der Waals surface area contributed by atoms with E-state index in [1.54, 1.807) is 0 Å². The van der Waals surface area contributed by atoms with Crippen LogP contribution in [0.3, 0.4) is 0 Å². The van der Waals surface area contributed by atoms with Gasteiger partial charge in [0, 0.05) is 25.0 Å². The van der Waals surface area contributed by atoms with Crippen molar-refractivity contribution in [2.75, 3.05) is 13.1 Å². The molecule has 1 amide bonds. The second-order valence-corrected chi connectivity index (χ2v) is 6.79. The topological polar surface area (TPSA) is 58.4 Å². The summed E-state index contributed by atoms with van der Waals surface area (Å²) in [6, 6.07) is 8.80. The van der Waals surface area contributed by atoms with Gasteiger partial charge < -0.3 is 11.1 Å². The summed E-state index contributed by atoms with van der Waals surface area (Å²) in [5, 5.41) is 3.07. The molecule has 1 aromatic rings. The molecule has 0 bridgehead atoms. The molecule has 22 heavy (non-hydrogen) atoms. The van der Waals surface area contributed by atoms with Crippen LogP contribution in [0.1, 0.15) is 43.2 Å². The Labute approximate surface area is 133 Å². The molecule has 1 aliphatic heterocycles. The van der Waals surface area contributed by atoms with Crippen molar-refractivity contribution in [2.24, 2.45) is 11.7 Å². The van der Waals surface area contributed by atoms with Crippen molar-refractivity contribution >= 4 is 5.91 Å². The van der Waals surface area contributed by atoms with E-state index in [-0.39, 0.29) is 17.9 Å². The first-order chi connectivity index (χ1) is 10.7. The molecule has 1 aromatic carbocycles. The van der Waals surface area contributed by atoms with Gasteiger partial charge in [0.1, 0.15) is 0 Å². The molecule has 3 rings (SSSR count). The summed E-state index contributed by atoms with van der Waals surface area (Å²) in [6.45, 7) is 4.07. The fourth-order valence-corrected chi connectivity index (χ4v) is 3.62. The maximum atomic E-state index is 12.2. The van der Waals surface area contributed by atoms with Gasteiger partial charge in [0.05, 0.1) is 0 Å². The summed E-state index contributed by atoms with van der Waals surface area (Å²) in [5.74, 6) is 0.278. The zero-order valence-corrected chi connectivity index (χ0v) is 13.3. The van der Waals surface area contributed by atoms with Crippen LogP contribution < -0.4 is 11.1 Å². The number of amides is 1. The van der Waals surface area contributed by atoms with Crippen molar-refractivity contribution in [3.8, 4) is 0 Å². The van der Waals surface area contributed by atoms with E-state index in [1.165, 1.54) is 37.1 Å². The van der Waals surface area contributed by atoms with Crippen LogP contribution in [0.4, 0.5) is 0 Å². The van der Waals surface area contributed by atoms with E-state index in [4.69, 9.17) is 5.73 Å². The third-order valence-corrected chi connectivity index (χ3v) is 4.91. The smallest absolute Gasteiger partial charge is 0.223 e. The average molecular weight is 301 g/mol. The van der Waals surface area contributed by atoms with E-state index in [0.717, 1.165) is 25.8 Å². The van der Waals surface area contributed by atoms with Crippen LogP contribution in [0.15, 0.2) is 24.3 Å². The molecule has 1 saturated carbocycles. The van der Waals surface area contributed by atoms with Crippen LogP contribution in [0, 0.1) is 5.92 Å². The molecule has 2 fully saturated rings. The largest absolute Gasteiger partial charge is 0.352 e. The highest BCUT2D eigenvalue weighted by Crippen LogP contribution is 2.24. The average Bonchev–Trinajstić information content (AvgIpc) is 3.17. The zero-order chi connectivity index (χ0) is 15.4. The molecule has 2 unspecified atom stereocenters. The van der Waals surface area contributed by atoms with Crippen LogP contribution in [0.2, 0.25) is 0 Å². The number of benzene rings is 1. The number of carbonyl (C=O) groups is 1. The van der Waals surface area contributed by atoms with E-state index in [9.17, 15) is 4.79 Å². The van der Waals surface area contributed by atoms with Gasteiger partial charge in [-0.3, -0.25) is 9.69 Å². The molecule has 1 aliphatic carbocycles. The van der Waals surface area contributed by atoms with Crippen LogP contribution in [-0.2, 0) is 17.9 Å². The van der Waals surface area contributed by atoms with E-state index in [1.807, 2.05) is 0 Å². The predicted molar refractivity (Wildman–Crippen MR) is 88.1 cm³/mol. The number of hydrogen-bond acceptors (Lipinski definition) is 3. The Morgan fingerprint density at radius 2 is 2.00 bits per heavy atom. The van der Waals surface area contributed by atoms with E-state index in [0.29, 0.717) is 6.54 Å². The van der Waals surface area contributed by atoms with Crippen molar-refractivity contribution in [3.63, 3.8) is 0 Å². The number of likely N-dealkylation sites (tertiary alicyclic amines) is 1. The van der Waals surface area contributed by atoms with Crippen molar-refractivity contribution in [1.29, 1.82) is 0 Å². The fraction of sp³-hybridized carbons (Fsp3) is 0.611. The first-order valence-corrected chi connectivity index (χ1v) is 8.54. The van der Waals surface area contributed by atoms with Crippen LogP contribution in [-0.4, -0.2) is 29.9 Å². The maximum absolute atomic E-state index is 12.2. The van der Waals surface area contributed by atoms with E-state index in [2.05, 4.69) is 34.5 Å². The highest BCUT2D eigenvalue weighted by molar-refractivity contribution is 5.79.